The normalized spacial score (nSPS) is 12.6. The molecule has 0 radical (unpaired) electrons. The highest BCUT2D eigenvalue weighted by Gasteiger charge is 2.24. The zero-order valence-corrected chi connectivity index (χ0v) is 14.9. The van der Waals surface area contributed by atoms with Crippen molar-refractivity contribution >= 4 is 23.6 Å². The van der Waals surface area contributed by atoms with Gasteiger partial charge in [-0.2, -0.15) is 11.8 Å². The summed E-state index contributed by atoms with van der Waals surface area (Å²) in [6, 6.07) is 6.10. The third kappa shape index (κ3) is 7.03. The summed E-state index contributed by atoms with van der Waals surface area (Å²) in [6.45, 7) is 7.53. The summed E-state index contributed by atoms with van der Waals surface area (Å²) in [4.78, 5) is 23.7. The van der Waals surface area contributed by atoms with Crippen molar-refractivity contribution in [2.24, 2.45) is 5.41 Å². The van der Waals surface area contributed by atoms with E-state index < -0.39 is 11.5 Å². The topological polar surface area (TPSA) is 58.2 Å². The van der Waals surface area contributed by atoms with Crippen LogP contribution in [0.15, 0.2) is 24.3 Å². The highest BCUT2D eigenvalue weighted by atomic mass is 32.2. The van der Waals surface area contributed by atoms with Gasteiger partial charge in [-0.1, -0.05) is 39.0 Å². The number of hydrogen-bond donors (Lipinski definition) is 2. The Morgan fingerprint density at radius 1 is 1.26 bits per heavy atom. The van der Waals surface area contributed by atoms with Crippen molar-refractivity contribution in [2.45, 2.75) is 39.5 Å². The van der Waals surface area contributed by atoms with Gasteiger partial charge in [-0.25, -0.2) is 4.39 Å². The Labute approximate surface area is 141 Å². The zero-order chi connectivity index (χ0) is 17.5. The minimum absolute atomic E-state index is 0.158. The van der Waals surface area contributed by atoms with Crippen LogP contribution in [-0.4, -0.2) is 30.2 Å². The molecule has 0 aliphatic heterocycles. The predicted octanol–water partition coefficient (Wildman–Crippen LogP) is 2.73. The molecule has 0 fully saturated rings. The third-order valence-electron chi connectivity index (χ3n) is 3.18. The van der Waals surface area contributed by atoms with Crippen LogP contribution in [0.1, 0.15) is 33.3 Å². The van der Waals surface area contributed by atoms with Crippen LogP contribution in [0.5, 0.6) is 0 Å². The van der Waals surface area contributed by atoms with E-state index in [0.717, 1.165) is 0 Å². The standard InChI is InChI=1S/C17H25FN2O2S/c1-12(20-16(22)17(2,3)4)15(21)19-9-10-23-11-13-7-5-6-8-14(13)18/h5-8,12H,9-11H2,1-4H3,(H,19,21)(H,20,22). The molecule has 1 rings (SSSR count). The fourth-order valence-electron chi connectivity index (χ4n) is 1.68. The van der Waals surface area contributed by atoms with E-state index in [0.29, 0.717) is 23.6 Å². The fraction of sp³-hybridized carbons (Fsp3) is 0.529. The van der Waals surface area contributed by atoms with Crippen LogP contribution < -0.4 is 10.6 Å². The Morgan fingerprint density at radius 3 is 2.52 bits per heavy atom. The number of benzene rings is 1. The van der Waals surface area contributed by atoms with E-state index in [1.54, 1.807) is 57.7 Å². The van der Waals surface area contributed by atoms with Crippen LogP contribution >= 0.6 is 11.8 Å². The highest BCUT2D eigenvalue weighted by molar-refractivity contribution is 7.98. The maximum Gasteiger partial charge on any atom is 0.242 e. The molecule has 0 aliphatic rings. The van der Waals surface area contributed by atoms with E-state index in [4.69, 9.17) is 0 Å². The minimum Gasteiger partial charge on any atom is -0.353 e. The van der Waals surface area contributed by atoms with Gasteiger partial charge in [0.1, 0.15) is 11.9 Å². The van der Waals surface area contributed by atoms with E-state index in [-0.39, 0.29) is 17.6 Å². The summed E-state index contributed by atoms with van der Waals surface area (Å²) in [5.41, 5.74) is 0.138. The highest BCUT2D eigenvalue weighted by Crippen LogP contribution is 2.15. The number of rotatable bonds is 7. The van der Waals surface area contributed by atoms with Crippen LogP contribution in [0, 0.1) is 11.2 Å². The SMILES string of the molecule is CC(NC(=O)C(C)(C)C)C(=O)NCCSCc1ccccc1F. The number of carbonyl (C=O) groups excluding carboxylic acids is 2. The molecular formula is C17H25FN2O2S. The molecule has 0 aromatic heterocycles. The van der Waals surface area contributed by atoms with Crippen LogP contribution in [-0.2, 0) is 15.3 Å². The lowest BCUT2D eigenvalue weighted by Crippen LogP contribution is -2.48. The molecule has 23 heavy (non-hydrogen) atoms. The van der Waals surface area contributed by atoms with Gasteiger partial charge in [0.2, 0.25) is 11.8 Å². The van der Waals surface area contributed by atoms with Crippen molar-refractivity contribution in [3.05, 3.63) is 35.6 Å². The van der Waals surface area contributed by atoms with Gasteiger partial charge in [0.25, 0.3) is 0 Å². The van der Waals surface area contributed by atoms with Crippen molar-refractivity contribution in [2.75, 3.05) is 12.3 Å². The Hall–Kier alpha value is -1.56. The van der Waals surface area contributed by atoms with Gasteiger partial charge in [-0.3, -0.25) is 9.59 Å². The Morgan fingerprint density at radius 2 is 1.91 bits per heavy atom. The summed E-state index contributed by atoms with van der Waals surface area (Å²) in [5, 5.41) is 5.46. The van der Waals surface area contributed by atoms with Gasteiger partial charge in [0.05, 0.1) is 0 Å². The molecule has 2 N–H and O–H groups in total. The molecule has 1 unspecified atom stereocenters. The molecule has 0 saturated carbocycles. The summed E-state index contributed by atoms with van der Waals surface area (Å²) < 4.78 is 13.4. The Kier molecular flexibility index (Phi) is 7.55. The molecule has 0 aliphatic carbocycles. The second kappa shape index (κ2) is 8.91. The lowest BCUT2D eigenvalue weighted by molar-refractivity contribution is -0.133. The van der Waals surface area contributed by atoms with Crippen molar-refractivity contribution in [1.82, 2.24) is 10.6 Å². The molecule has 1 atom stereocenters. The van der Waals surface area contributed by atoms with Gasteiger partial charge in [0, 0.05) is 23.5 Å². The summed E-state index contributed by atoms with van der Waals surface area (Å²) in [7, 11) is 0. The van der Waals surface area contributed by atoms with Crippen LogP contribution in [0.2, 0.25) is 0 Å². The van der Waals surface area contributed by atoms with Gasteiger partial charge in [0.15, 0.2) is 0 Å². The average molecular weight is 340 g/mol. The lowest BCUT2D eigenvalue weighted by Gasteiger charge is -2.21. The number of amides is 2. The van der Waals surface area contributed by atoms with E-state index in [1.807, 2.05) is 0 Å². The summed E-state index contributed by atoms with van der Waals surface area (Å²) >= 11 is 1.55. The van der Waals surface area contributed by atoms with Crippen molar-refractivity contribution < 1.29 is 14.0 Å². The van der Waals surface area contributed by atoms with Gasteiger partial charge in [-0.05, 0) is 18.6 Å². The van der Waals surface area contributed by atoms with Crippen molar-refractivity contribution in [3.63, 3.8) is 0 Å². The van der Waals surface area contributed by atoms with E-state index >= 15 is 0 Å². The maximum atomic E-state index is 13.4. The first-order valence-electron chi connectivity index (χ1n) is 7.61. The molecule has 0 spiro atoms. The number of thioether (sulfide) groups is 1. The molecule has 128 valence electrons. The smallest absolute Gasteiger partial charge is 0.242 e. The lowest BCUT2D eigenvalue weighted by atomic mass is 9.95. The van der Waals surface area contributed by atoms with E-state index in [1.165, 1.54) is 6.07 Å². The molecule has 0 bridgehead atoms. The number of carbonyl (C=O) groups is 2. The molecule has 1 aromatic rings. The zero-order valence-electron chi connectivity index (χ0n) is 14.1. The predicted molar refractivity (Wildman–Crippen MR) is 92.6 cm³/mol. The van der Waals surface area contributed by atoms with Crippen LogP contribution in [0.4, 0.5) is 4.39 Å². The number of hydrogen-bond acceptors (Lipinski definition) is 3. The first-order valence-corrected chi connectivity index (χ1v) is 8.77. The first-order chi connectivity index (χ1) is 10.7. The van der Waals surface area contributed by atoms with Gasteiger partial charge < -0.3 is 10.6 Å². The number of nitrogens with one attached hydrogen (secondary N) is 2. The van der Waals surface area contributed by atoms with Gasteiger partial charge in [-0.15, -0.1) is 0 Å². The minimum atomic E-state index is -0.571. The largest absolute Gasteiger partial charge is 0.353 e. The van der Waals surface area contributed by atoms with Gasteiger partial charge >= 0.3 is 0 Å². The van der Waals surface area contributed by atoms with E-state index in [2.05, 4.69) is 10.6 Å². The second-order valence-corrected chi connectivity index (χ2v) is 7.49. The fourth-order valence-corrected chi connectivity index (χ4v) is 2.52. The Bertz CT molecular complexity index is 544. The average Bonchev–Trinajstić information content (AvgIpc) is 2.47. The molecule has 1 aromatic carbocycles. The molecule has 6 heteroatoms. The second-order valence-electron chi connectivity index (χ2n) is 6.38. The monoisotopic (exact) mass is 340 g/mol. The number of halogens is 1. The summed E-state index contributed by atoms with van der Waals surface area (Å²) in [5.74, 6) is 0.671. The van der Waals surface area contributed by atoms with Crippen LogP contribution in [0.25, 0.3) is 0 Å². The first kappa shape index (κ1) is 19.5. The third-order valence-corrected chi connectivity index (χ3v) is 4.19. The van der Waals surface area contributed by atoms with Crippen molar-refractivity contribution in [3.8, 4) is 0 Å². The molecule has 0 heterocycles. The Balaban J connectivity index is 2.24. The van der Waals surface area contributed by atoms with Crippen molar-refractivity contribution in [1.29, 1.82) is 0 Å². The quantitative estimate of drug-likeness (QED) is 0.751. The summed E-state index contributed by atoms with van der Waals surface area (Å²) in [6.07, 6.45) is 0. The molecule has 0 saturated heterocycles. The van der Waals surface area contributed by atoms with E-state index in [9.17, 15) is 14.0 Å². The molecule has 4 nitrogen and oxygen atoms in total. The molecular weight excluding hydrogens is 315 g/mol. The molecule has 2 amide bonds. The maximum absolute atomic E-state index is 13.4. The van der Waals surface area contributed by atoms with Crippen LogP contribution in [0.3, 0.4) is 0 Å².